The van der Waals surface area contributed by atoms with E-state index < -0.39 is 46.6 Å². The molecule has 0 aromatic heterocycles. The number of ketones is 1. The zero-order valence-corrected chi connectivity index (χ0v) is 20.1. The number of methoxy groups -OCH3 is 1. The molecule has 0 bridgehead atoms. The van der Waals surface area contributed by atoms with Gasteiger partial charge in [0.15, 0.2) is 0 Å². The fourth-order valence-electron chi connectivity index (χ4n) is 4.44. The smallest absolute Gasteiger partial charge is 0.300 e. The highest BCUT2D eigenvalue weighted by atomic mass is 19.1. The van der Waals surface area contributed by atoms with Crippen LogP contribution in [0.3, 0.4) is 0 Å². The van der Waals surface area contributed by atoms with Crippen LogP contribution in [0, 0.1) is 24.4 Å². The van der Waals surface area contributed by atoms with Crippen LogP contribution in [0.15, 0.2) is 60.2 Å². The molecule has 1 aliphatic rings. The Labute approximate surface area is 206 Å². The predicted octanol–water partition coefficient (Wildman–Crippen LogP) is 6.17. The summed E-state index contributed by atoms with van der Waals surface area (Å²) in [5.74, 6) is -4.44. The lowest BCUT2D eigenvalue weighted by molar-refractivity contribution is -0.132. The standard InChI is InChI=1S/C28H24F3NO4/c1-14(2)19-13-20(15(3)11-23(19)36-4)26(33)24-25(16-5-7-17(29)8-6-16)32(28(35)27(24)34)22-12-18(30)9-10-21(22)31/h5-14,25,33H,1-4H3/b26-24+. The van der Waals surface area contributed by atoms with Gasteiger partial charge >= 0.3 is 0 Å². The van der Waals surface area contributed by atoms with E-state index in [0.717, 1.165) is 40.8 Å². The maximum atomic E-state index is 14.8. The first-order valence-electron chi connectivity index (χ1n) is 11.3. The third kappa shape index (κ3) is 4.23. The molecule has 0 aliphatic carbocycles. The highest BCUT2D eigenvalue weighted by molar-refractivity contribution is 6.51. The number of benzene rings is 3. The van der Waals surface area contributed by atoms with Gasteiger partial charge in [0.25, 0.3) is 11.7 Å². The molecule has 3 aromatic carbocycles. The minimum atomic E-state index is -1.33. The summed E-state index contributed by atoms with van der Waals surface area (Å²) in [6, 6.07) is 9.46. The first kappa shape index (κ1) is 25.0. The Morgan fingerprint density at radius 1 is 0.972 bits per heavy atom. The van der Waals surface area contributed by atoms with Crippen molar-refractivity contribution in [2.75, 3.05) is 12.0 Å². The van der Waals surface area contributed by atoms with Crippen LogP contribution in [-0.4, -0.2) is 23.9 Å². The fraction of sp³-hybridized carbons (Fsp3) is 0.214. The second kappa shape index (κ2) is 9.53. The third-order valence-electron chi connectivity index (χ3n) is 6.25. The summed E-state index contributed by atoms with van der Waals surface area (Å²) in [6.45, 7) is 5.57. The Morgan fingerprint density at radius 2 is 1.61 bits per heavy atom. The average molecular weight is 495 g/mol. The first-order valence-corrected chi connectivity index (χ1v) is 11.3. The number of nitrogens with zero attached hydrogens (tertiary/aromatic N) is 1. The van der Waals surface area contributed by atoms with Crippen LogP contribution in [0.5, 0.6) is 5.75 Å². The molecule has 36 heavy (non-hydrogen) atoms. The monoisotopic (exact) mass is 495 g/mol. The van der Waals surface area contributed by atoms with Crippen LogP contribution in [0.4, 0.5) is 18.9 Å². The predicted molar refractivity (Wildman–Crippen MR) is 129 cm³/mol. The van der Waals surface area contributed by atoms with Crippen molar-refractivity contribution < 1.29 is 32.6 Å². The Morgan fingerprint density at radius 3 is 2.22 bits per heavy atom. The lowest BCUT2D eigenvalue weighted by Crippen LogP contribution is -2.30. The molecule has 8 heteroatoms. The Hall–Kier alpha value is -4.07. The number of aryl methyl sites for hydroxylation is 1. The number of ether oxygens (including phenoxy) is 1. The van der Waals surface area contributed by atoms with E-state index in [1.54, 1.807) is 19.1 Å². The molecule has 3 aromatic rings. The summed E-state index contributed by atoms with van der Waals surface area (Å²) in [6.07, 6.45) is 0. The van der Waals surface area contributed by atoms with Gasteiger partial charge < -0.3 is 9.84 Å². The molecule has 1 aliphatic heterocycles. The number of carbonyl (C=O) groups excluding carboxylic acids is 2. The number of hydrogen-bond acceptors (Lipinski definition) is 4. The van der Waals surface area contributed by atoms with E-state index in [4.69, 9.17) is 4.74 Å². The van der Waals surface area contributed by atoms with Gasteiger partial charge in [-0.25, -0.2) is 13.2 Å². The van der Waals surface area contributed by atoms with E-state index in [0.29, 0.717) is 11.3 Å². The summed E-state index contributed by atoms with van der Waals surface area (Å²) >= 11 is 0. The lowest BCUT2D eigenvalue weighted by Gasteiger charge is -2.26. The number of aliphatic hydroxyl groups is 1. The maximum Gasteiger partial charge on any atom is 0.300 e. The number of amides is 1. The van der Waals surface area contributed by atoms with E-state index in [2.05, 4.69) is 0 Å². The largest absolute Gasteiger partial charge is 0.507 e. The topological polar surface area (TPSA) is 66.8 Å². The molecule has 1 heterocycles. The molecule has 1 amide bonds. The number of carbonyl (C=O) groups is 2. The molecule has 0 saturated carbocycles. The number of halogens is 3. The van der Waals surface area contributed by atoms with E-state index in [1.807, 2.05) is 13.8 Å². The molecule has 0 spiro atoms. The number of hydrogen-bond donors (Lipinski definition) is 1. The van der Waals surface area contributed by atoms with E-state index >= 15 is 0 Å². The molecule has 1 fully saturated rings. The first-order chi connectivity index (χ1) is 17.0. The molecule has 1 atom stereocenters. The van der Waals surface area contributed by atoms with Crippen molar-refractivity contribution in [3.05, 3.63) is 99.9 Å². The van der Waals surface area contributed by atoms with Gasteiger partial charge in [0, 0.05) is 11.6 Å². The molecule has 186 valence electrons. The van der Waals surface area contributed by atoms with E-state index in [9.17, 15) is 27.9 Å². The number of rotatable bonds is 5. The van der Waals surface area contributed by atoms with Crippen molar-refractivity contribution in [1.82, 2.24) is 0 Å². The molecule has 1 saturated heterocycles. The number of Topliss-reactive ketones (excluding diaryl/α,β-unsaturated/α-hetero) is 1. The van der Waals surface area contributed by atoms with Crippen LogP contribution in [-0.2, 0) is 9.59 Å². The van der Waals surface area contributed by atoms with Crippen LogP contribution in [0.2, 0.25) is 0 Å². The number of aliphatic hydroxyl groups excluding tert-OH is 1. The molecular formula is C28H24F3NO4. The van der Waals surface area contributed by atoms with Gasteiger partial charge in [0.1, 0.15) is 29.0 Å². The quantitative estimate of drug-likeness (QED) is 0.261. The Balaban J connectivity index is 2.01. The summed E-state index contributed by atoms with van der Waals surface area (Å²) in [4.78, 5) is 27.2. The van der Waals surface area contributed by atoms with Gasteiger partial charge in [-0.1, -0.05) is 26.0 Å². The highest BCUT2D eigenvalue weighted by Gasteiger charge is 2.48. The van der Waals surface area contributed by atoms with Crippen molar-refractivity contribution in [2.45, 2.75) is 32.7 Å². The molecule has 4 rings (SSSR count). The zero-order chi connectivity index (χ0) is 26.3. The van der Waals surface area contributed by atoms with Crippen molar-refractivity contribution in [1.29, 1.82) is 0 Å². The molecule has 1 N–H and O–H groups in total. The van der Waals surface area contributed by atoms with Crippen LogP contribution >= 0.6 is 0 Å². The lowest BCUT2D eigenvalue weighted by atomic mass is 9.91. The van der Waals surface area contributed by atoms with Gasteiger partial charge in [-0.05, 0) is 65.9 Å². The normalized spacial score (nSPS) is 17.2. The summed E-state index contributed by atoms with van der Waals surface area (Å²) < 4.78 is 48.0. The fourth-order valence-corrected chi connectivity index (χ4v) is 4.44. The summed E-state index contributed by atoms with van der Waals surface area (Å²) in [7, 11) is 1.52. The maximum absolute atomic E-state index is 14.8. The van der Waals surface area contributed by atoms with Crippen LogP contribution in [0.25, 0.3) is 5.76 Å². The molecule has 5 nitrogen and oxygen atoms in total. The molecular weight excluding hydrogens is 471 g/mol. The van der Waals surface area contributed by atoms with Gasteiger partial charge in [0.05, 0.1) is 24.4 Å². The third-order valence-corrected chi connectivity index (χ3v) is 6.25. The minimum absolute atomic E-state index is 0.00351. The average Bonchev–Trinajstić information content (AvgIpc) is 3.10. The van der Waals surface area contributed by atoms with Gasteiger partial charge in [-0.2, -0.15) is 0 Å². The van der Waals surface area contributed by atoms with Crippen molar-refractivity contribution in [3.8, 4) is 5.75 Å². The van der Waals surface area contributed by atoms with Crippen molar-refractivity contribution >= 4 is 23.1 Å². The molecule has 0 radical (unpaired) electrons. The second-order valence-corrected chi connectivity index (χ2v) is 8.88. The summed E-state index contributed by atoms with van der Waals surface area (Å²) in [5.41, 5.74) is 1.04. The van der Waals surface area contributed by atoms with Crippen LogP contribution in [0.1, 0.15) is 48.1 Å². The highest BCUT2D eigenvalue weighted by Crippen LogP contribution is 2.44. The minimum Gasteiger partial charge on any atom is -0.507 e. The van der Waals surface area contributed by atoms with Gasteiger partial charge in [0.2, 0.25) is 0 Å². The second-order valence-electron chi connectivity index (χ2n) is 8.88. The molecule has 1 unspecified atom stereocenters. The van der Waals surface area contributed by atoms with Crippen LogP contribution < -0.4 is 9.64 Å². The van der Waals surface area contributed by atoms with Gasteiger partial charge in [-0.15, -0.1) is 0 Å². The van der Waals surface area contributed by atoms with E-state index in [1.165, 1.54) is 19.2 Å². The van der Waals surface area contributed by atoms with Gasteiger partial charge in [-0.3, -0.25) is 14.5 Å². The van der Waals surface area contributed by atoms with E-state index in [-0.39, 0.29) is 22.6 Å². The van der Waals surface area contributed by atoms with Crippen molar-refractivity contribution in [2.24, 2.45) is 0 Å². The summed E-state index contributed by atoms with van der Waals surface area (Å²) in [5, 5.41) is 11.4. The Bertz CT molecular complexity index is 1400. The van der Waals surface area contributed by atoms with Crippen molar-refractivity contribution in [3.63, 3.8) is 0 Å². The zero-order valence-electron chi connectivity index (χ0n) is 20.1. The Kier molecular flexibility index (Phi) is 6.63. The number of anilines is 1. The SMILES string of the molecule is COc1cc(C)c(/C(O)=C2\C(=O)C(=O)N(c3cc(F)ccc3F)C2c2ccc(F)cc2)cc1C(C)C.